The van der Waals surface area contributed by atoms with Crippen LogP contribution in [0.2, 0.25) is 0 Å². The first kappa shape index (κ1) is 24.5. The summed E-state index contributed by atoms with van der Waals surface area (Å²) in [5.74, 6) is -3.61. The van der Waals surface area contributed by atoms with Crippen molar-refractivity contribution >= 4 is 11.6 Å². The highest BCUT2D eigenvalue weighted by molar-refractivity contribution is 6.20. The van der Waals surface area contributed by atoms with Gasteiger partial charge in [-0.1, -0.05) is 32.1 Å². The highest BCUT2D eigenvalue weighted by Gasteiger charge is 2.59. The van der Waals surface area contributed by atoms with Crippen LogP contribution in [-0.4, -0.2) is 53.0 Å². The lowest BCUT2D eigenvalue weighted by Gasteiger charge is -2.53. The van der Waals surface area contributed by atoms with Gasteiger partial charge in [0.2, 0.25) is 0 Å². The lowest BCUT2D eigenvalue weighted by Crippen LogP contribution is -2.68. The Morgan fingerprint density at radius 1 is 0.967 bits per heavy atom. The maximum atomic E-state index is 14.1. The van der Waals surface area contributed by atoms with Crippen LogP contribution >= 0.6 is 11.6 Å². The number of rotatable bonds is 5. The van der Waals surface area contributed by atoms with Crippen LogP contribution in [0.1, 0.15) is 57.8 Å². The minimum atomic E-state index is -4.77. The third-order valence-electron chi connectivity index (χ3n) is 7.76. The molecule has 0 spiro atoms. The van der Waals surface area contributed by atoms with Gasteiger partial charge in [0.15, 0.2) is 0 Å². The summed E-state index contributed by atoms with van der Waals surface area (Å²) < 4.78 is 69.8. The molecule has 0 aromatic rings. The van der Waals surface area contributed by atoms with E-state index in [1.54, 1.807) is 0 Å². The first-order chi connectivity index (χ1) is 14.1. The van der Waals surface area contributed by atoms with Gasteiger partial charge in [-0.05, 0) is 43.4 Å². The van der Waals surface area contributed by atoms with Crippen LogP contribution in [0.25, 0.3) is 0 Å². The Balaban J connectivity index is 1.98. The normalized spacial score (nSPS) is 40.5. The Hall–Kier alpha value is -0.180. The molecule has 6 atom stereocenters. The van der Waals surface area contributed by atoms with Crippen LogP contribution in [-0.2, 0) is 0 Å². The van der Waals surface area contributed by atoms with E-state index >= 15 is 0 Å². The molecule has 3 aliphatic rings. The lowest BCUT2D eigenvalue weighted by atomic mass is 9.59. The lowest BCUT2D eigenvalue weighted by molar-refractivity contribution is -0.219. The van der Waals surface area contributed by atoms with Gasteiger partial charge in [-0.25, -0.2) is 8.78 Å². The topological polar surface area (TPSA) is 52.5 Å². The van der Waals surface area contributed by atoms with Crippen molar-refractivity contribution in [3.63, 3.8) is 0 Å². The van der Waals surface area contributed by atoms with Crippen molar-refractivity contribution in [3.05, 3.63) is 0 Å². The number of nitrogens with one attached hydrogen (secondary N) is 1. The zero-order valence-electron chi connectivity index (χ0n) is 17.0. The zero-order chi connectivity index (χ0) is 22.1. The molecule has 0 radical (unpaired) electrons. The van der Waals surface area contributed by atoms with Crippen molar-refractivity contribution in [3.8, 4) is 0 Å². The van der Waals surface area contributed by atoms with Crippen LogP contribution in [0.15, 0.2) is 0 Å². The first-order valence-electron chi connectivity index (χ1n) is 11.2. The SMILES string of the molecule is OCC1C(C(F)F)NC(C(F)(F)F)C(C(O)C2CCC(Cl)CC2)C1C1CCCCC1. The number of piperidine rings is 1. The number of alkyl halides is 6. The Kier molecular flexibility index (Phi) is 8.30. The van der Waals surface area contributed by atoms with Crippen molar-refractivity contribution in [1.82, 2.24) is 5.32 Å². The molecule has 176 valence electrons. The van der Waals surface area contributed by atoms with E-state index in [2.05, 4.69) is 5.32 Å². The monoisotopic (exact) mass is 461 g/mol. The Bertz CT molecular complexity index is 538. The molecule has 2 aliphatic carbocycles. The number of hydrogen-bond acceptors (Lipinski definition) is 3. The minimum Gasteiger partial charge on any atom is -0.396 e. The van der Waals surface area contributed by atoms with E-state index in [9.17, 15) is 32.2 Å². The van der Waals surface area contributed by atoms with Gasteiger partial charge in [-0.3, -0.25) is 5.32 Å². The van der Waals surface area contributed by atoms with Crippen molar-refractivity contribution < 1.29 is 32.2 Å². The maximum Gasteiger partial charge on any atom is 0.404 e. The number of halogens is 6. The van der Waals surface area contributed by atoms with Crippen LogP contribution in [0, 0.1) is 29.6 Å². The van der Waals surface area contributed by atoms with E-state index in [1.165, 1.54) is 0 Å². The van der Waals surface area contributed by atoms with E-state index in [0.29, 0.717) is 38.5 Å². The van der Waals surface area contributed by atoms with Gasteiger partial charge < -0.3 is 10.2 Å². The predicted octanol–water partition coefficient (Wildman–Crippen LogP) is 4.73. The van der Waals surface area contributed by atoms with E-state index in [0.717, 1.165) is 19.3 Å². The zero-order valence-corrected chi connectivity index (χ0v) is 17.8. The van der Waals surface area contributed by atoms with Gasteiger partial charge in [0, 0.05) is 23.8 Å². The average molecular weight is 462 g/mol. The second-order valence-electron chi connectivity index (χ2n) is 9.45. The highest BCUT2D eigenvalue weighted by Crippen LogP contribution is 2.50. The van der Waals surface area contributed by atoms with Crippen LogP contribution in [0.3, 0.4) is 0 Å². The minimum absolute atomic E-state index is 0.0427. The molecular weight excluding hydrogens is 429 g/mol. The van der Waals surface area contributed by atoms with Crippen molar-refractivity contribution in [1.29, 1.82) is 0 Å². The van der Waals surface area contributed by atoms with E-state index in [-0.39, 0.29) is 17.2 Å². The molecule has 1 heterocycles. The summed E-state index contributed by atoms with van der Waals surface area (Å²) in [5, 5.41) is 23.3. The fraction of sp³-hybridized carbons (Fsp3) is 1.00. The molecule has 0 amide bonds. The molecular formula is C21H33ClF5NO2. The molecule has 3 fully saturated rings. The summed E-state index contributed by atoms with van der Waals surface area (Å²) in [4.78, 5) is 0. The third-order valence-corrected chi connectivity index (χ3v) is 8.20. The number of aliphatic hydroxyl groups excluding tert-OH is 2. The Morgan fingerprint density at radius 3 is 2.07 bits per heavy atom. The summed E-state index contributed by atoms with van der Waals surface area (Å²) in [6.07, 6.45) is -2.82. The molecule has 3 N–H and O–H groups in total. The van der Waals surface area contributed by atoms with Crippen molar-refractivity contribution in [2.24, 2.45) is 29.6 Å². The number of aliphatic hydroxyl groups is 2. The summed E-state index contributed by atoms with van der Waals surface area (Å²) in [6.45, 7) is -0.620. The van der Waals surface area contributed by atoms with Gasteiger partial charge in [0.1, 0.15) is 6.04 Å². The van der Waals surface area contributed by atoms with Gasteiger partial charge in [-0.15, -0.1) is 11.6 Å². The van der Waals surface area contributed by atoms with E-state index in [4.69, 9.17) is 11.6 Å². The molecule has 30 heavy (non-hydrogen) atoms. The molecule has 9 heteroatoms. The highest BCUT2D eigenvalue weighted by atomic mass is 35.5. The van der Waals surface area contributed by atoms with E-state index < -0.39 is 55.1 Å². The molecule has 3 rings (SSSR count). The average Bonchev–Trinajstić information content (AvgIpc) is 2.72. The Labute approximate surface area is 179 Å². The number of hydrogen-bond donors (Lipinski definition) is 3. The molecule has 6 unspecified atom stereocenters. The largest absolute Gasteiger partial charge is 0.404 e. The summed E-state index contributed by atoms with van der Waals surface area (Å²) in [6, 6.07) is -3.95. The fourth-order valence-corrected chi connectivity index (χ4v) is 6.59. The van der Waals surface area contributed by atoms with Crippen molar-refractivity contribution in [2.45, 2.75) is 94.0 Å². The molecule has 1 saturated heterocycles. The molecule has 0 bridgehead atoms. The predicted molar refractivity (Wildman–Crippen MR) is 105 cm³/mol. The van der Waals surface area contributed by atoms with Crippen molar-refractivity contribution in [2.75, 3.05) is 6.61 Å². The van der Waals surface area contributed by atoms with E-state index in [1.807, 2.05) is 0 Å². The summed E-state index contributed by atoms with van der Waals surface area (Å²) >= 11 is 6.13. The molecule has 1 aliphatic heterocycles. The van der Waals surface area contributed by atoms with Crippen LogP contribution < -0.4 is 5.32 Å². The summed E-state index contributed by atoms with van der Waals surface area (Å²) in [5.41, 5.74) is 0. The van der Waals surface area contributed by atoms with Gasteiger partial charge in [-0.2, -0.15) is 13.2 Å². The van der Waals surface area contributed by atoms with Gasteiger partial charge >= 0.3 is 6.18 Å². The smallest absolute Gasteiger partial charge is 0.396 e. The fourth-order valence-electron chi connectivity index (χ4n) is 6.34. The standard InChI is InChI=1S/C21H33ClF5NO2/c22-13-8-6-12(7-9-13)18(30)16-15(11-4-2-1-3-5-11)14(10-29)17(20(23)24)28-19(16)21(25,26)27/h11-20,28-30H,1-10H2. The molecule has 0 aromatic heterocycles. The molecule has 0 aromatic carbocycles. The molecule has 2 saturated carbocycles. The summed E-state index contributed by atoms with van der Waals surface area (Å²) in [7, 11) is 0. The Morgan fingerprint density at radius 2 is 1.57 bits per heavy atom. The van der Waals surface area contributed by atoms with Gasteiger partial charge in [0.05, 0.1) is 12.1 Å². The quantitative estimate of drug-likeness (QED) is 0.409. The van der Waals surface area contributed by atoms with Crippen LogP contribution in [0.5, 0.6) is 0 Å². The van der Waals surface area contributed by atoms with Crippen LogP contribution in [0.4, 0.5) is 22.0 Å². The third kappa shape index (κ3) is 5.24. The van der Waals surface area contributed by atoms with Gasteiger partial charge in [0.25, 0.3) is 6.43 Å². The second kappa shape index (κ2) is 10.2. The maximum absolute atomic E-state index is 14.1. The molecule has 3 nitrogen and oxygen atoms in total. The first-order valence-corrected chi connectivity index (χ1v) is 11.6. The second-order valence-corrected chi connectivity index (χ2v) is 10.1.